The summed E-state index contributed by atoms with van der Waals surface area (Å²) >= 11 is 0. The summed E-state index contributed by atoms with van der Waals surface area (Å²) in [5, 5.41) is 20.1. The molecule has 0 aliphatic rings. The Balaban J connectivity index is 5.13. The molecule has 0 heterocycles. The van der Waals surface area contributed by atoms with Gasteiger partial charge in [-0.25, -0.2) is 9.13 Å². The van der Waals surface area contributed by atoms with Gasteiger partial charge >= 0.3 is 39.5 Å². The van der Waals surface area contributed by atoms with Crippen molar-refractivity contribution in [2.24, 2.45) is 0 Å². The average molecular weight is 1010 g/mol. The second-order valence-electron chi connectivity index (χ2n) is 17.3. The van der Waals surface area contributed by atoms with Crippen LogP contribution < -0.4 is 0 Å². The number of unbranched alkanes of at least 4 members (excludes halogenated alkanes) is 19. The number of esters is 4. The maximum Gasteiger partial charge on any atom is 0.472 e. The van der Waals surface area contributed by atoms with Gasteiger partial charge in [0.05, 0.1) is 32.5 Å². The van der Waals surface area contributed by atoms with E-state index >= 15 is 0 Å². The topological polar surface area (TPSA) is 257 Å². The highest BCUT2D eigenvalue weighted by molar-refractivity contribution is 7.47. The molecular formula is C47H90O18P2. The number of ether oxygens (including phenoxy) is 4. The smallest absolute Gasteiger partial charge is 0.462 e. The lowest BCUT2D eigenvalue weighted by atomic mass is 10.1. The molecule has 6 atom stereocenters. The third-order valence-electron chi connectivity index (χ3n) is 10.8. The van der Waals surface area contributed by atoms with Crippen molar-refractivity contribution in [3.05, 3.63) is 0 Å². The quantitative estimate of drug-likeness (QED) is 0.0191. The predicted molar refractivity (Wildman–Crippen MR) is 254 cm³/mol. The molecule has 0 spiro atoms. The number of aliphatic hydroxyl groups is 2. The molecule has 0 amide bonds. The van der Waals surface area contributed by atoms with Crippen molar-refractivity contribution in [3.63, 3.8) is 0 Å². The van der Waals surface area contributed by atoms with Crippen LogP contribution in [0, 0.1) is 0 Å². The number of carbonyl (C=O) groups excluding carboxylic acids is 4. The normalized spacial score (nSPS) is 15.2. The Morgan fingerprint density at radius 3 is 1.04 bits per heavy atom. The highest BCUT2D eigenvalue weighted by atomic mass is 31.2. The maximum absolute atomic E-state index is 12.8. The number of rotatable bonds is 48. The van der Waals surface area contributed by atoms with Crippen LogP contribution in [0.25, 0.3) is 0 Å². The van der Waals surface area contributed by atoms with E-state index in [2.05, 4.69) is 13.8 Å². The van der Waals surface area contributed by atoms with Gasteiger partial charge in [-0.2, -0.15) is 0 Å². The van der Waals surface area contributed by atoms with Crippen molar-refractivity contribution in [2.75, 3.05) is 39.6 Å². The van der Waals surface area contributed by atoms with E-state index in [9.17, 15) is 48.3 Å². The molecule has 0 aromatic heterocycles. The van der Waals surface area contributed by atoms with Gasteiger partial charge in [0.25, 0.3) is 0 Å². The van der Waals surface area contributed by atoms with Gasteiger partial charge in [-0.15, -0.1) is 0 Å². The number of hydrogen-bond acceptors (Lipinski definition) is 16. The first-order chi connectivity index (χ1) is 32.1. The van der Waals surface area contributed by atoms with E-state index in [1.807, 2.05) is 13.8 Å². The molecule has 0 aliphatic heterocycles. The molecule has 0 aromatic rings. The number of aliphatic hydroxyl groups excluding tert-OH is 2. The minimum Gasteiger partial charge on any atom is -0.462 e. The highest BCUT2D eigenvalue weighted by Crippen LogP contribution is 2.45. The monoisotopic (exact) mass is 1000 g/mol. The SMILES string of the molecule is CCCCCCCCCCCCC(=O)OC[C@H](COP(=O)(O)OC[C@@H](O)COP(=O)(O)OC[C@@H](COC(=O)CCCCCCC)OC(=O)CCCCCC)OC(=O)CCCCCC[C@@H](O)CC. The molecule has 0 aliphatic carbocycles. The van der Waals surface area contributed by atoms with Crippen LogP contribution in [-0.4, -0.2) is 108 Å². The van der Waals surface area contributed by atoms with Gasteiger partial charge in [-0.3, -0.25) is 37.3 Å². The summed E-state index contributed by atoms with van der Waals surface area (Å²) in [5.41, 5.74) is 0. The summed E-state index contributed by atoms with van der Waals surface area (Å²) in [6, 6.07) is 0. The van der Waals surface area contributed by atoms with E-state index in [-0.39, 0.29) is 31.8 Å². The average Bonchev–Trinajstić information content (AvgIpc) is 3.29. The minimum absolute atomic E-state index is 0.0366. The Morgan fingerprint density at radius 2 is 0.687 bits per heavy atom. The summed E-state index contributed by atoms with van der Waals surface area (Å²) in [6.45, 7) is 4.13. The Labute approximate surface area is 401 Å². The zero-order valence-corrected chi connectivity index (χ0v) is 43.2. The van der Waals surface area contributed by atoms with Crippen LogP contribution in [-0.2, 0) is 65.4 Å². The fraction of sp³-hybridized carbons (Fsp3) is 0.915. The second kappa shape index (κ2) is 42.9. The zero-order chi connectivity index (χ0) is 50.0. The molecular weight excluding hydrogens is 914 g/mol. The third kappa shape index (κ3) is 42.6. The van der Waals surface area contributed by atoms with E-state index < -0.39 is 97.5 Å². The van der Waals surface area contributed by atoms with Crippen molar-refractivity contribution in [1.82, 2.24) is 0 Å². The van der Waals surface area contributed by atoms with Crippen molar-refractivity contribution in [1.29, 1.82) is 0 Å². The van der Waals surface area contributed by atoms with Crippen LogP contribution in [0.4, 0.5) is 0 Å². The first-order valence-electron chi connectivity index (χ1n) is 25.4. The van der Waals surface area contributed by atoms with Gasteiger partial charge in [-0.1, -0.05) is 150 Å². The second-order valence-corrected chi connectivity index (χ2v) is 20.2. The number of carbonyl (C=O) groups is 4. The summed E-state index contributed by atoms with van der Waals surface area (Å²) < 4.78 is 66.5. The van der Waals surface area contributed by atoms with Crippen LogP contribution in [0.15, 0.2) is 0 Å². The van der Waals surface area contributed by atoms with Crippen molar-refractivity contribution >= 4 is 39.5 Å². The fourth-order valence-electron chi connectivity index (χ4n) is 6.61. The summed E-state index contributed by atoms with van der Waals surface area (Å²) in [4.78, 5) is 70.6. The zero-order valence-electron chi connectivity index (χ0n) is 41.5. The molecule has 2 unspecified atom stereocenters. The predicted octanol–water partition coefficient (Wildman–Crippen LogP) is 10.3. The summed E-state index contributed by atoms with van der Waals surface area (Å²) in [5.74, 6) is -2.28. The Morgan fingerprint density at radius 1 is 0.388 bits per heavy atom. The Kier molecular flexibility index (Phi) is 41.6. The van der Waals surface area contributed by atoms with Crippen LogP contribution in [0.5, 0.6) is 0 Å². The van der Waals surface area contributed by atoms with Gasteiger partial charge in [-0.05, 0) is 38.5 Å². The lowest BCUT2D eigenvalue weighted by Crippen LogP contribution is -2.30. The molecule has 0 bridgehead atoms. The highest BCUT2D eigenvalue weighted by Gasteiger charge is 2.30. The van der Waals surface area contributed by atoms with Crippen molar-refractivity contribution in [3.8, 4) is 0 Å². The summed E-state index contributed by atoms with van der Waals surface area (Å²) in [7, 11) is -9.86. The Hall–Kier alpha value is -1.98. The van der Waals surface area contributed by atoms with E-state index in [0.717, 1.165) is 89.9 Å². The first kappa shape index (κ1) is 65.0. The molecule has 0 saturated carbocycles. The number of phosphoric ester groups is 2. The third-order valence-corrected chi connectivity index (χ3v) is 12.7. The van der Waals surface area contributed by atoms with E-state index in [0.29, 0.717) is 38.5 Å². The van der Waals surface area contributed by atoms with Crippen molar-refractivity contribution in [2.45, 2.75) is 238 Å². The standard InChI is InChI=1S/C47H90O18P2/c1-5-9-12-15-16-17-18-19-21-27-31-45(51)59-37-43(65-47(53)33-28-23-22-24-29-40(48)8-4)39-63-67(56,57)61-35-41(49)34-60-66(54,55)62-38-42(64-46(52)32-25-14-11-7-3)36-58-44(50)30-26-20-13-10-6-2/h40-43,48-49H,5-39H2,1-4H3,(H,54,55)(H,56,57)/t40-,41-,42+,43+/m0/s1. The van der Waals surface area contributed by atoms with Gasteiger partial charge in [0.15, 0.2) is 12.2 Å². The number of hydrogen-bond donors (Lipinski definition) is 4. The van der Waals surface area contributed by atoms with Crippen LogP contribution in [0.3, 0.4) is 0 Å². The molecule has 4 N–H and O–H groups in total. The first-order valence-corrected chi connectivity index (χ1v) is 28.3. The molecule has 0 fully saturated rings. The van der Waals surface area contributed by atoms with Crippen LogP contribution >= 0.6 is 15.6 Å². The molecule has 20 heteroatoms. The van der Waals surface area contributed by atoms with Gasteiger partial charge in [0.2, 0.25) is 0 Å². The maximum atomic E-state index is 12.8. The van der Waals surface area contributed by atoms with Crippen LogP contribution in [0.1, 0.15) is 214 Å². The fourth-order valence-corrected chi connectivity index (χ4v) is 8.19. The molecule has 0 radical (unpaired) electrons. The summed E-state index contributed by atoms with van der Waals surface area (Å²) in [6.07, 6.45) is 18.8. The largest absolute Gasteiger partial charge is 0.472 e. The molecule has 396 valence electrons. The molecule has 0 rings (SSSR count). The van der Waals surface area contributed by atoms with E-state index in [1.165, 1.54) is 32.1 Å². The van der Waals surface area contributed by atoms with Crippen LogP contribution in [0.2, 0.25) is 0 Å². The molecule has 67 heavy (non-hydrogen) atoms. The van der Waals surface area contributed by atoms with Gasteiger partial charge in [0, 0.05) is 25.7 Å². The van der Waals surface area contributed by atoms with Gasteiger partial charge < -0.3 is 38.9 Å². The number of phosphoric acid groups is 2. The van der Waals surface area contributed by atoms with Crippen molar-refractivity contribution < 1.29 is 85.4 Å². The lowest BCUT2D eigenvalue weighted by molar-refractivity contribution is -0.161. The van der Waals surface area contributed by atoms with Gasteiger partial charge in [0.1, 0.15) is 19.3 Å². The lowest BCUT2D eigenvalue weighted by Gasteiger charge is -2.21. The Bertz CT molecular complexity index is 1350. The molecule has 18 nitrogen and oxygen atoms in total. The van der Waals surface area contributed by atoms with E-state index in [1.54, 1.807) is 0 Å². The molecule has 0 saturated heterocycles. The molecule has 0 aromatic carbocycles. The minimum atomic E-state index is -4.94. The van der Waals surface area contributed by atoms with E-state index in [4.69, 9.17) is 37.0 Å².